The topological polar surface area (TPSA) is 64.1 Å². The highest BCUT2D eigenvalue weighted by Gasteiger charge is 2.29. The second-order valence-corrected chi connectivity index (χ2v) is 4.61. The van der Waals surface area contributed by atoms with Crippen molar-refractivity contribution in [2.75, 3.05) is 13.7 Å². The van der Waals surface area contributed by atoms with Gasteiger partial charge in [-0.2, -0.15) is 0 Å². The fraction of sp³-hybridized carbons (Fsp3) is 0.267. The first-order chi connectivity index (χ1) is 9.81. The summed E-state index contributed by atoms with van der Waals surface area (Å²) in [6, 6.07) is 7.59. The number of hydrogen-bond acceptors (Lipinski definition) is 5. The third-order valence-corrected chi connectivity index (χ3v) is 3.46. The molecular weight excluding hydrogens is 254 g/mol. The summed E-state index contributed by atoms with van der Waals surface area (Å²) in [6.07, 6.45) is 3.94. The number of rotatable bonds is 3. The number of nitrogens with zero attached hydrogens (tertiary/aromatic N) is 2. The molecule has 1 aliphatic heterocycles. The van der Waals surface area contributed by atoms with Gasteiger partial charge in [-0.15, -0.1) is 0 Å². The number of ether oxygens (including phenoxy) is 1. The Balaban J connectivity index is 2.00. The van der Waals surface area contributed by atoms with E-state index in [0.717, 1.165) is 18.5 Å². The second-order valence-electron chi connectivity index (χ2n) is 4.61. The molecule has 0 fully saturated rings. The molecule has 102 valence electrons. The lowest BCUT2D eigenvalue weighted by Gasteiger charge is -2.25. The van der Waals surface area contributed by atoms with Crippen molar-refractivity contribution in [3.8, 4) is 5.88 Å². The Hall–Kier alpha value is -2.27. The number of nitrogens with one attached hydrogen (secondary N) is 1. The fourth-order valence-corrected chi connectivity index (χ4v) is 2.52. The first-order valence-corrected chi connectivity index (χ1v) is 6.51. The minimum Gasteiger partial charge on any atom is -0.479 e. The molecule has 0 aliphatic carbocycles. The monoisotopic (exact) mass is 269 g/mol. The lowest BCUT2D eigenvalue weighted by atomic mass is 9.91. The van der Waals surface area contributed by atoms with E-state index in [9.17, 15) is 4.79 Å². The van der Waals surface area contributed by atoms with E-state index >= 15 is 0 Å². The highest BCUT2D eigenvalue weighted by molar-refractivity contribution is 6.01. The zero-order valence-corrected chi connectivity index (χ0v) is 11.2. The van der Waals surface area contributed by atoms with Crippen LogP contribution in [0.25, 0.3) is 0 Å². The molecule has 1 aromatic heterocycles. The predicted molar refractivity (Wildman–Crippen MR) is 73.8 cm³/mol. The Labute approximate surface area is 117 Å². The van der Waals surface area contributed by atoms with Crippen LogP contribution in [0.4, 0.5) is 0 Å². The minimum absolute atomic E-state index is 0.109. The van der Waals surface area contributed by atoms with Gasteiger partial charge in [0.1, 0.15) is 0 Å². The van der Waals surface area contributed by atoms with Crippen molar-refractivity contribution in [3.63, 3.8) is 0 Å². The van der Waals surface area contributed by atoms with Crippen LogP contribution in [0.2, 0.25) is 0 Å². The molecule has 2 aromatic rings. The van der Waals surface area contributed by atoms with Crippen molar-refractivity contribution >= 4 is 5.78 Å². The SMILES string of the molecule is COc1nccnc1C(=O)C1NCCc2ccccc21. The van der Waals surface area contributed by atoms with Crippen LogP contribution in [-0.4, -0.2) is 29.4 Å². The zero-order chi connectivity index (χ0) is 13.9. The maximum Gasteiger partial charge on any atom is 0.243 e. The van der Waals surface area contributed by atoms with Gasteiger partial charge >= 0.3 is 0 Å². The average molecular weight is 269 g/mol. The van der Waals surface area contributed by atoms with Gasteiger partial charge in [0, 0.05) is 18.9 Å². The van der Waals surface area contributed by atoms with E-state index in [1.807, 2.05) is 18.2 Å². The predicted octanol–water partition coefficient (Wildman–Crippen LogP) is 1.55. The van der Waals surface area contributed by atoms with E-state index in [2.05, 4.69) is 21.4 Å². The van der Waals surface area contributed by atoms with Crippen molar-refractivity contribution < 1.29 is 9.53 Å². The number of hydrogen-bond donors (Lipinski definition) is 1. The normalized spacial score (nSPS) is 17.4. The molecule has 1 unspecified atom stereocenters. The standard InChI is InChI=1S/C15H15N3O2/c1-20-15-13(17-8-9-18-15)14(19)12-11-5-3-2-4-10(11)6-7-16-12/h2-5,8-9,12,16H,6-7H2,1H3. The molecule has 3 rings (SSSR count). The molecule has 0 bridgehead atoms. The highest BCUT2D eigenvalue weighted by Crippen LogP contribution is 2.27. The van der Waals surface area contributed by atoms with E-state index in [0.29, 0.717) is 0 Å². The maximum atomic E-state index is 12.7. The van der Waals surface area contributed by atoms with Crippen LogP contribution in [0.3, 0.4) is 0 Å². The molecular formula is C15H15N3O2. The van der Waals surface area contributed by atoms with E-state index < -0.39 is 0 Å². The first-order valence-electron chi connectivity index (χ1n) is 6.51. The van der Waals surface area contributed by atoms with Crippen LogP contribution < -0.4 is 10.1 Å². The molecule has 0 spiro atoms. The largest absolute Gasteiger partial charge is 0.479 e. The number of carbonyl (C=O) groups is 1. The molecule has 0 radical (unpaired) electrons. The lowest BCUT2D eigenvalue weighted by molar-refractivity contribution is 0.0930. The molecule has 5 nitrogen and oxygen atoms in total. The highest BCUT2D eigenvalue weighted by atomic mass is 16.5. The van der Waals surface area contributed by atoms with Crippen molar-refractivity contribution in [3.05, 3.63) is 53.5 Å². The number of benzene rings is 1. The summed E-state index contributed by atoms with van der Waals surface area (Å²) < 4.78 is 5.12. The minimum atomic E-state index is -0.384. The Morgan fingerprint density at radius 3 is 2.95 bits per heavy atom. The number of fused-ring (bicyclic) bond motifs is 1. The van der Waals surface area contributed by atoms with Gasteiger partial charge in [0.05, 0.1) is 13.2 Å². The van der Waals surface area contributed by atoms with Gasteiger partial charge in [0.2, 0.25) is 11.7 Å². The Morgan fingerprint density at radius 2 is 2.10 bits per heavy atom. The van der Waals surface area contributed by atoms with Gasteiger partial charge < -0.3 is 10.1 Å². The van der Waals surface area contributed by atoms with Gasteiger partial charge in [-0.3, -0.25) is 4.79 Å². The van der Waals surface area contributed by atoms with E-state index in [1.165, 1.54) is 25.1 Å². The Morgan fingerprint density at radius 1 is 1.30 bits per heavy atom. The summed E-state index contributed by atoms with van der Waals surface area (Å²) in [5.41, 5.74) is 2.48. The summed E-state index contributed by atoms with van der Waals surface area (Å²) in [6.45, 7) is 0.774. The molecule has 1 N–H and O–H groups in total. The van der Waals surface area contributed by atoms with Crippen LogP contribution in [0.5, 0.6) is 5.88 Å². The first kappa shape index (κ1) is 12.7. The molecule has 0 saturated carbocycles. The Bertz CT molecular complexity index is 643. The van der Waals surface area contributed by atoms with Crippen LogP contribution in [0.1, 0.15) is 27.7 Å². The maximum absolute atomic E-state index is 12.7. The second kappa shape index (κ2) is 5.38. The zero-order valence-electron chi connectivity index (χ0n) is 11.2. The molecule has 1 atom stereocenters. The van der Waals surface area contributed by atoms with Gasteiger partial charge in [0.25, 0.3) is 0 Å². The average Bonchev–Trinajstić information content (AvgIpc) is 2.53. The third-order valence-electron chi connectivity index (χ3n) is 3.46. The van der Waals surface area contributed by atoms with E-state index in [4.69, 9.17) is 4.74 Å². The number of ketones is 1. The molecule has 1 aromatic carbocycles. The van der Waals surface area contributed by atoms with Crippen LogP contribution in [0, 0.1) is 0 Å². The molecule has 0 amide bonds. The fourth-order valence-electron chi connectivity index (χ4n) is 2.52. The van der Waals surface area contributed by atoms with Gasteiger partial charge in [0.15, 0.2) is 5.69 Å². The number of aromatic nitrogens is 2. The van der Waals surface area contributed by atoms with Gasteiger partial charge in [-0.1, -0.05) is 24.3 Å². The van der Waals surface area contributed by atoms with E-state index in [-0.39, 0.29) is 23.4 Å². The molecule has 5 heteroatoms. The van der Waals surface area contributed by atoms with E-state index in [1.54, 1.807) is 0 Å². The smallest absolute Gasteiger partial charge is 0.243 e. The van der Waals surface area contributed by atoms with Crippen LogP contribution >= 0.6 is 0 Å². The van der Waals surface area contributed by atoms with Gasteiger partial charge in [-0.05, 0) is 17.5 Å². The number of methoxy groups -OCH3 is 1. The quantitative estimate of drug-likeness (QED) is 0.857. The van der Waals surface area contributed by atoms with Crippen molar-refractivity contribution in [1.29, 1.82) is 0 Å². The summed E-state index contributed by atoms with van der Waals surface area (Å²) in [7, 11) is 1.49. The van der Waals surface area contributed by atoms with Crippen molar-refractivity contribution in [2.24, 2.45) is 0 Å². The third kappa shape index (κ3) is 2.16. The molecule has 20 heavy (non-hydrogen) atoms. The molecule has 1 aliphatic rings. The van der Waals surface area contributed by atoms with Crippen molar-refractivity contribution in [1.82, 2.24) is 15.3 Å². The lowest BCUT2D eigenvalue weighted by Crippen LogP contribution is -2.35. The summed E-state index contributed by atoms with van der Waals surface area (Å²) >= 11 is 0. The molecule has 2 heterocycles. The Kier molecular flexibility index (Phi) is 3.43. The van der Waals surface area contributed by atoms with Crippen LogP contribution in [-0.2, 0) is 6.42 Å². The number of carbonyl (C=O) groups excluding carboxylic acids is 1. The molecule has 0 saturated heterocycles. The van der Waals surface area contributed by atoms with Crippen LogP contribution in [0.15, 0.2) is 36.7 Å². The summed E-state index contributed by atoms with van der Waals surface area (Å²) in [4.78, 5) is 20.9. The van der Waals surface area contributed by atoms with Gasteiger partial charge in [-0.25, -0.2) is 9.97 Å². The summed E-state index contributed by atoms with van der Waals surface area (Å²) in [5.74, 6) is 0.157. The summed E-state index contributed by atoms with van der Waals surface area (Å²) in [5, 5.41) is 3.25. The number of Topliss-reactive ketones (excluding diaryl/α,β-unsaturated/α-hetero) is 1. The van der Waals surface area contributed by atoms with Crippen molar-refractivity contribution in [2.45, 2.75) is 12.5 Å².